The minimum atomic E-state index is -6.50. The van der Waals surface area contributed by atoms with E-state index >= 15 is 0 Å². The lowest BCUT2D eigenvalue weighted by Gasteiger charge is -2.25. The number of halogens is 7. The maximum atomic E-state index is 12.5. The Bertz CT molecular complexity index is 319. The highest BCUT2D eigenvalue weighted by molar-refractivity contribution is 5.07. The second-order valence-corrected chi connectivity index (χ2v) is 2.74. The van der Waals surface area contributed by atoms with E-state index in [4.69, 9.17) is 0 Å². The van der Waals surface area contributed by atoms with Gasteiger partial charge in [-0.05, 0) is 0 Å². The van der Waals surface area contributed by atoms with Crippen LogP contribution in [0.1, 0.15) is 6.92 Å². The highest BCUT2D eigenvalue weighted by Gasteiger charge is 2.72. The van der Waals surface area contributed by atoms with Crippen LogP contribution in [0, 0.1) is 10.1 Å². The van der Waals surface area contributed by atoms with E-state index in [1.54, 1.807) is 0 Å². The molecule has 0 rings (SSSR count). The monoisotopic (exact) mass is 255 g/mol. The fourth-order valence-electron chi connectivity index (χ4n) is 0.595. The van der Waals surface area contributed by atoms with E-state index < -0.39 is 34.7 Å². The zero-order valence-electron chi connectivity index (χ0n) is 7.49. The van der Waals surface area contributed by atoms with Crippen LogP contribution in [0.3, 0.4) is 0 Å². The van der Waals surface area contributed by atoms with Gasteiger partial charge in [-0.15, -0.1) is 0 Å². The summed E-state index contributed by atoms with van der Waals surface area (Å²) < 4.78 is 83.9. The van der Waals surface area contributed by atoms with Gasteiger partial charge in [0.25, 0.3) is 0 Å². The van der Waals surface area contributed by atoms with Gasteiger partial charge < -0.3 is 0 Å². The van der Waals surface area contributed by atoms with Gasteiger partial charge in [0.05, 0.1) is 11.0 Å². The zero-order valence-corrected chi connectivity index (χ0v) is 7.49. The highest BCUT2D eigenvalue weighted by atomic mass is 19.4. The molecule has 0 saturated heterocycles. The fourth-order valence-corrected chi connectivity index (χ4v) is 0.595. The van der Waals surface area contributed by atoms with Crippen LogP contribution in [0.4, 0.5) is 30.7 Å². The molecule has 0 unspecified atom stereocenters. The molecule has 3 nitrogen and oxygen atoms in total. The molecule has 0 aromatic heterocycles. The van der Waals surface area contributed by atoms with Crippen molar-refractivity contribution in [2.45, 2.75) is 24.9 Å². The molecule has 0 radical (unpaired) electrons. The van der Waals surface area contributed by atoms with Gasteiger partial charge in [0.2, 0.25) is 5.70 Å². The molecule has 0 aliphatic heterocycles. The van der Waals surface area contributed by atoms with E-state index in [-0.39, 0.29) is 0 Å². The predicted molar refractivity (Wildman–Crippen MR) is 36.7 cm³/mol. The molecule has 0 atom stereocenters. The maximum absolute atomic E-state index is 12.5. The fraction of sp³-hybridized carbons (Fsp3) is 0.667. The van der Waals surface area contributed by atoms with E-state index in [9.17, 15) is 40.8 Å². The van der Waals surface area contributed by atoms with Gasteiger partial charge in [0.15, 0.2) is 0 Å². The van der Waals surface area contributed by atoms with Crippen LogP contribution in [0.2, 0.25) is 0 Å². The first-order valence-corrected chi connectivity index (χ1v) is 3.49. The van der Waals surface area contributed by atoms with E-state index in [0.717, 1.165) is 0 Å². The number of nitrogens with zero attached hydrogens (tertiary/aromatic N) is 1. The van der Waals surface area contributed by atoms with Crippen molar-refractivity contribution < 1.29 is 35.7 Å². The molecule has 0 amide bonds. The lowest BCUT2D eigenvalue weighted by atomic mass is 10.1. The molecule has 10 heteroatoms. The van der Waals surface area contributed by atoms with Gasteiger partial charge in [-0.25, -0.2) is 0 Å². The quantitative estimate of drug-likeness (QED) is 0.442. The van der Waals surface area contributed by atoms with Crippen molar-refractivity contribution in [3.05, 3.63) is 21.9 Å². The molecular formula is C6H4F7NO2. The van der Waals surface area contributed by atoms with Crippen LogP contribution in [-0.4, -0.2) is 22.9 Å². The lowest BCUT2D eigenvalue weighted by Crippen LogP contribution is -2.51. The van der Waals surface area contributed by atoms with Gasteiger partial charge in [0, 0.05) is 6.92 Å². The summed E-state index contributed by atoms with van der Waals surface area (Å²) in [7, 11) is 0. The Morgan fingerprint density at radius 1 is 1.12 bits per heavy atom. The largest absolute Gasteiger partial charge is 0.460 e. The van der Waals surface area contributed by atoms with Crippen molar-refractivity contribution in [1.82, 2.24) is 0 Å². The highest BCUT2D eigenvalue weighted by Crippen LogP contribution is 2.47. The van der Waals surface area contributed by atoms with Crippen LogP contribution in [0.25, 0.3) is 0 Å². The molecule has 0 aliphatic carbocycles. The first-order valence-electron chi connectivity index (χ1n) is 3.49. The minimum absolute atomic E-state index is 0.375. The molecule has 0 bridgehead atoms. The van der Waals surface area contributed by atoms with Gasteiger partial charge in [-0.2, -0.15) is 30.7 Å². The molecule has 94 valence electrons. The van der Waals surface area contributed by atoms with Gasteiger partial charge in [-0.3, -0.25) is 10.1 Å². The van der Waals surface area contributed by atoms with E-state index in [2.05, 4.69) is 0 Å². The summed E-state index contributed by atoms with van der Waals surface area (Å²) in [6, 6.07) is 0. The first kappa shape index (κ1) is 14.6. The average Bonchev–Trinajstić information content (AvgIpc) is 2.00. The Kier molecular flexibility index (Phi) is 3.58. The summed E-state index contributed by atoms with van der Waals surface area (Å²) >= 11 is 0. The van der Waals surface area contributed by atoms with Crippen molar-refractivity contribution in [2.24, 2.45) is 0 Å². The molecule has 0 saturated carbocycles. The van der Waals surface area contributed by atoms with E-state index in [0.29, 0.717) is 6.92 Å². The van der Waals surface area contributed by atoms with Crippen LogP contribution >= 0.6 is 0 Å². The minimum Gasteiger partial charge on any atom is -0.259 e. The Balaban J connectivity index is 5.38. The number of nitro groups is 1. The number of allylic oxidation sites excluding steroid dienone is 2. The van der Waals surface area contributed by atoms with Crippen molar-refractivity contribution >= 4 is 0 Å². The Morgan fingerprint density at radius 3 is 1.75 bits per heavy atom. The number of alkyl halides is 7. The smallest absolute Gasteiger partial charge is 0.259 e. The molecule has 0 N–H and O–H groups in total. The Hall–Kier alpha value is -1.35. The Labute approximate surface area is 83.7 Å². The third-order valence-corrected chi connectivity index (χ3v) is 1.45. The second kappa shape index (κ2) is 3.91. The molecule has 0 aliphatic rings. The summed E-state index contributed by atoms with van der Waals surface area (Å²) in [6.07, 6.45) is -7.52. The molecule has 0 heterocycles. The summed E-state index contributed by atoms with van der Waals surface area (Å²) in [5.74, 6) is -12.0. The predicted octanol–water partition coefficient (Wildman–Crippen LogP) is 3.00. The van der Waals surface area contributed by atoms with Gasteiger partial charge in [0.1, 0.15) is 0 Å². The summed E-state index contributed by atoms with van der Waals surface area (Å²) in [5.41, 5.74) is -1.51. The van der Waals surface area contributed by atoms with Gasteiger partial charge >= 0.3 is 18.0 Å². The normalized spacial score (nSPS) is 15.1. The maximum Gasteiger partial charge on any atom is 0.460 e. The average molecular weight is 255 g/mol. The van der Waals surface area contributed by atoms with Crippen LogP contribution in [-0.2, 0) is 0 Å². The second-order valence-electron chi connectivity index (χ2n) is 2.74. The topological polar surface area (TPSA) is 43.1 Å². The number of rotatable bonds is 3. The molecule has 0 fully saturated rings. The zero-order chi connectivity index (χ0) is 13.4. The number of hydrogen-bond donors (Lipinski definition) is 0. The van der Waals surface area contributed by atoms with Crippen molar-refractivity contribution in [3.8, 4) is 0 Å². The van der Waals surface area contributed by atoms with E-state index in [1.165, 1.54) is 0 Å². The standard InChI is InChI=1S/C6H4F7NO2/c1-3(14(15)16)2-4(7,8)5(9,10)6(11,12)13/h2H,1H3/b3-2+. The Morgan fingerprint density at radius 2 is 1.50 bits per heavy atom. The first-order chi connectivity index (χ1) is 6.83. The van der Waals surface area contributed by atoms with Crippen molar-refractivity contribution in [3.63, 3.8) is 0 Å². The van der Waals surface area contributed by atoms with Crippen molar-refractivity contribution in [1.29, 1.82) is 0 Å². The molecule has 0 aromatic rings. The van der Waals surface area contributed by atoms with Crippen LogP contribution in [0.5, 0.6) is 0 Å². The summed E-state index contributed by atoms with van der Waals surface area (Å²) in [4.78, 5) is 8.33. The lowest BCUT2D eigenvalue weighted by molar-refractivity contribution is -0.427. The summed E-state index contributed by atoms with van der Waals surface area (Å²) in [6.45, 7) is 0.375. The summed E-state index contributed by atoms with van der Waals surface area (Å²) in [5, 5.41) is 9.83. The van der Waals surface area contributed by atoms with Crippen molar-refractivity contribution in [2.75, 3.05) is 0 Å². The van der Waals surface area contributed by atoms with Crippen LogP contribution < -0.4 is 0 Å². The molecule has 16 heavy (non-hydrogen) atoms. The van der Waals surface area contributed by atoms with Gasteiger partial charge in [-0.1, -0.05) is 0 Å². The number of hydrogen-bond acceptors (Lipinski definition) is 2. The third kappa shape index (κ3) is 2.61. The molecule has 0 aromatic carbocycles. The van der Waals surface area contributed by atoms with Crippen LogP contribution in [0.15, 0.2) is 11.8 Å². The SMILES string of the molecule is C/C(=C\C(F)(F)C(F)(F)C(F)(F)F)[N+](=O)[O-]. The van der Waals surface area contributed by atoms with E-state index in [1.807, 2.05) is 0 Å². The third-order valence-electron chi connectivity index (χ3n) is 1.45. The molecular weight excluding hydrogens is 251 g/mol. The molecule has 0 spiro atoms.